The summed E-state index contributed by atoms with van der Waals surface area (Å²) < 4.78 is 11.8. The number of ether oxygens (including phenoxy) is 2. The Morgan fingerprint density at radius 1 is 1.41 bits per heavy atom. The molecule has 1 saturated heterocycles. The summed E-state index contributed by atoms with van der Waals surface area (Å²) in [5.74, 6) is -0.585. The van der Waals surface area contributed by atoms with E-state index in [-0.39, 0.29) is 30.9 Å². The Hall–Kier alpha value is -2.09. The third-order valence-electron chi connectivity index (χ3n) is 4.41. The molecule has 0 saturated carbocycles. The monoisotopic (exact) mass is 440 g/mol. The van der Waals surface area contributed by atoms with Crippen LogP contribution in [0, 0.1) is 6.92 Å². The van der Waals surface area contributed by atoms with Gasteiger partial charge in [0.1, 0.15) is 11.8 Å². The molecule has 27 heavy (non-hydrogen) atoms. The quantitative estimate of drug-likeness (QED) is 0.656. The molecule has 148 valence electrons. The lowest BCUT2D eigenvalue weighted by molar-refractivity contribution is -0.155. The highest BCUT2D eigenvalue weighted by Crippen LogP contribution is 2.22. The van der Waals surface area contributed by atoms with Crippen LogP contribution in [-0.4, -0.2) is 54.5 Å². The summed E-state index contributed by atoms with van der Waals surface area (Å²) in [6, 6.07) is 4.62. The number of amides is 2. The lowest BCUT2D eigenvalue weighted by Gasteiger charge is -2.34. The zero-order valence-corrected chi connectivity index (χ0v) is 17.4. The second-order valence-corrected chi connectivity index (χ2v) is 7.42. The van der Waals surface area contributed by atoms with Crippen molar-refractivity contribution in [1.82, 2.24) is 10.2 Å². The van der Waals surface area contributed by atoms with Gasteiger partial charge in [-0.3, -0.25) is 14.4 Å². The highest BCUT2D eigenvalue weighted by atomic mass is 79.9. The highest BCUT2D eigenvalue weighted by Gasteiger charge is 2.35. The van der Waals surface area contributed by atoms with Crippen LogP contribution in [0.3, 0.4) is 0 Å². The zero-order valence-electron chi connectivity index (χ0n) is 15.8. The number of nitrogens with zero attached hydrogens (tertiary/aromatic N) is 1. The van der Waals surface area contributed by atoms with Crippen LogP contribution in [0.25, 0.3) is 0 Å². The summed E-state index contributed by atoms with van der Waals surface area (Å²) in [6.07, 6.45) is 0.294. The van der Waals surface area contributed by atoms with Crippen LogP contribution in [0.1, 0.15) is 32.3 Å². The molecule has 8 heteroatoms. The van der Waals surface area contributed by atoms with Crippen LogP contribution in [-0.2, 0) is 19.1 Å². The van der Waals surface area contributed by atoms with E-state index < -0.39 is 12.0 Å². The molecule has 1 heterocycles. The number of carbonyl (C=O) groups is 3. The Morgan fingerprint density at radius 3 is 2.81 bits per heavy atom. The van der Waals surface area contributed by atoms with E-state index >= 15 is 0 Å². The van der Waals surface area contributed by atoms with Gasteiger partial charge in [-0.1, -0.05) is 22.9 Å². The van der Waals surface area contributed by atoms with Crippen molar-refractivity contribution in [2.24, 2.45) is 0 Å². The smallest absolute Gasteiger partial charge is 0.308 e. The molecule has 0 spiro atoms. The summed E-state index contributed by atoms with van der Waals surface area (Å²) in [4.78, 5) is 38.3. The molecule has 7 nitrogen and oxygen atoms in total. The molecule has 0 bridgehead atoms. The van der Waals surface area contributed by atoms with Crippen LogP contribution in [0.4, 0.5) is 0 Å². The Bertz CT molecular complexity index is 709. The van der Waals surface area contributed by atoms with Gasteiger partial charge >= 0.3 is 5.97 Å². The minimum atomic E-state index is -0.877. The predicted octanol–water partition coefficient (Wildman–Crippen LogP) is 2.20. The van der Waals surface area contributed by atoms with Crippen molar-refractivity contribution in [3.63, 3.8) is 0 Å². The number of esters is 1. The molecule has 2 atom stereocenters. The van der Waals surface area contributed by atoms with Crippen LogP contribution in [0.2, 0.25) is 0 Å². The molecule has 2 rings (SSSR count). The highest BCUT2D eigenvalue weighted by molar-refractivity contribution is 9.10. The third-order valence-corrected chi connectivity index (χ3v) is 4.90. The average Bonchev–Trinajstić information content (AvgIpc) is 2.62. The molecule has 0 aliphatic carbocycles. The van der Waals surface area contributed by atoms with Crippen molar-refractivity contribution >= 4 is 33.7 Å². The fourth-order valence-corrected chi connectivity index (χ4v) is 3.20. The molecule has 2 amide bonds. The van der Waals surface area contributed by atoms with E-state index in [1.54, 1.807) is 13.0 Å². The van der Waals surface area contributed by atoms with E-state index in [4.69, 9.17) is 9.47 Å². The SMILES string of the molecule is CCC(C)OC(=O)CC1C(=O)NCCN1C(=O)COc1ccc(Br)cc1C. The number of hydrogen-bond acceptors (Lipinski definition) is 5. The van der Waals surface area contributed by atoms with Crippen molar-refractivity contribution in [2.45, 2.75) is 45.8 Å². The number of hydrogen-bond donors (Lipinski definition) is 1. The Morgan fingerprint density at radius 2 is 2.15 bits per heavy atom. The van der Waals surface area contributed by atoms with Gasteiger partial charge < -0.3 is 19.7 Å². The average molecular weight is 441 g/mol. The largest absolute Gasteiger partial charge is 0.483 e. The van der Waals surface area contributed by atoms with Crippen molar-refractivity contribution in [2.75, 3.05) is 19.7 Å². The van der Waals surface area contributed by atoms with E-state index in [9.17, 15) is 14.4 Å². The van der Waals surface area contributed by atoms with Crippen LogP contribution < -0.4 is 10.1 Å². The van der Waals surface area contributed by atoms with Gasteiger partial charge in [-0.15, -0.1) is 0 Å². The predicted molar refractivity (Wildman–Crippen MR) is 103 cm³/mol. The molecule has 1 fully saturated rings. The molecular formula is C19H25BrN2O5. The van der Waals surface area contributed by atoms with E-state index in [0.29, 0.717) is 25.3 Å². The molecule has 1 aromatic carbocycles. The normalized spacial score (nSPS) is 17.9. The first kappa shape index (κ1) is 21.2. The van der Waals surface area contributed by atoms with Gasteiger partial charge in [-0.05, 0) is 44.0 Å². The van der Waals surface area contributed by atoms with Crippen LogP contribution in [0.5, 0.6) is 5.75 Å². The minimum absolute atomic E-state index is 0.167. The van der Waals surface area contributed by atoms with Crippen LogP contribution in [0.15, 0.2) is 22.7 Å². The van der Waals surface area contributed by atoms with Crippen molar-refractivity contribution in [1.29, 1.82) is 0 Å². The fraction of sp³-hybridized carbons (Fsp3) is 0.526. The number of halogens is 1. The lowest BCUT2D eigenvalue weighted by atomic mass is 10.1. The van der Waals surface area contributed by atoms with Gasteiger partial charge in [0.25, 0.3) is 5.91 Å². The number of nitrogens with one attached hydrogen (secondary N) is 1. The Kier molecular flexibility index (Phi) is 7.65. The first-order valence-electron chi connectivity index (χ1n) is 8.97. The second-order valence-electron chi connectivity index (χ2n) is 6.51. The molecule has 0 radical (unpaired) electrons. The Balaban J connectivity index is 2.00. The molecule has 0 aromatic heterocycles. The van der Waals surface area contributed by atoms with Gasteiger partial charge in [-0.25, -0.2) is 0 Å². The second kappa shape index (κ2) is 9.73. The number of carbonyl (C=O) groups excluding carboxylic acids is 3. The van der Waals surface area contributed by atoms with Crippen molar-refractivity contribution in [3.8, 4) is 5.75 Å². The molecule has 1 aromatic rings. The maximum Gasteiger partial charge on any atom is 0.308 e. The van der Waals surface area contributed by atoms with Crippen molar-refractivity contribution < 1.29 is 23.9 Å². The fourth-order valence-electron chi connectivity index (χ4n) is 2.73. The number of benzene rings is 1. The standard InChI is InChI=1S/C19H25BrN2O5/c1-4-13(3)27-18(24)10-15-19(25)21-7-8-22(15)17(23)11-26-16-6-5-14(20)9-12(16)2/h5-6,9,13,15H,4,7-8,10-11H2,1-3H3,(H,21,25). The maximum atomic E-state index is 12.6. The van der Waals surface area contributed by atoms with E-state index in [1.807, 2.05) is 26.0 Å². The molecule has 1 aliphatic rings. The number of piperazine rings is 1. The molecule has 1 N–H and O–H groups in total. The van der Waals surface area contributed by atoms with Gasteiger partial charge in [0, 0.05) is 17.6 Å². The summed E-state index contributed by atoms with van der Waals surface area (Å²) in [5.41, 5.74) is 0.891. The van der Waals surface area contributed by atoms with E-state index in [2.05, 4.69) is 21.2 Å². The summed E-state index contributed by atoms with van der Waals surface area (Å²) in [5, 5.41) is 2.69. The van der Waals surface area contributed by atoms with Gasteiger partial charge in [0.15, 0.2) is 6.61 Å². The first-order chi connectivity index (χ1) is 12.8. The van der Waals surface area contributed by atoms with Gasteiger partial charge in [-0.2, -0.15) is 0 Å². The molecule has 1 aliphatic heterocycles. The minimum Gasteiger partial charge on any atom is -0.483 e. The van der Waals surface area contributed by atoms with E-state index in [0.717, 1.165) is 10.0 Å². The van der Waals surface area contributed by atoms with E-state index in [1.165, 1.54) is 4.90 Å². The van der Waals surface area contributed by atoms with Crippen molar-refractivity contribution in [3.05, 3.63) is 28.2 Å². The first-order valence-corrected chi connectivity index (χ1v) is 9.76. The van der Waals surface area contributed by atoms with Gasteiger partial charge in [0.05, 0.1) is 12.5 Å². The van der Waals surface area contributed by atoms with Crippen LogP contribution >= 0.6 is 15.9 Å². The summed E-state index contributed by atoms with van der Waals surface area (Å²) in [6.45, 7) is 6.05. The lowest BCUT2D eigenvalue weighted by Crippen LogP contribution is -2.58. The summed E-state index contributed by atoms with van der Waals surface area (Å²) in [7, 11) is 0. The summed E-state index contributed by atoms with van der Waals surface area (Å²) >= 11 is 3.38. The number of aryl methyl sites for hydroxylation is 1. The molecular weight excluding hydrogens is 416 g/mol. The maximum absolute atomic E-state index is 12.6. The molecule has 2 unspecified atom stereocenters. The topological polar surface area (TPSA) is 84.9 Å². The number of rotatable bonds is 7. The third kappa shape index (κ3) is 5.95. The zero-order chi connectivity index (χ0) is 20.0. The Labute approximate surface area is 167 Å². The van der Waals surface area contributed by atoms with Gasteiger partial charge in [0.2, 0.25) is 5.91 Å².